The first-order valence-corrected chi connectivity index (χ1v) is 6.19. The van der Waals surface area contributed by atoms with Crippen LogP contribution in [0, 0.1) is 13.8 Å². The summed E-state index contributed by atoms with van der Waals surface area (Å²) >= 11 is 6.02. The average molecular weight is 274 g/mol. The molecule has 0 aliphatic rings. The first-order chi connectivity index (χ1) is 9.06. The second-order valence-electron chi connectivity index (χ2n) is 4.43. The number of nitrogens with zero attached hydrogens (tertiary/aromatic N) is 4. The molecule has 96 valence electrons. The van der Waals surface area contributed by atoms with Crippen LogP contribution < -0.4 is 5.73 Å². The van der Waals surface area contributed by atoms with Crippen LogP contribution in [-0.4, -0.2) is 19.6 Å². The van der Waals surface area contributed by atoms with Crippen molar-refractivity contribution >= 4 is 23.1 Å². The zero-order valence-corrected chi connectivity index (χ0v) is 11.3. The minimum atomic E-state index is 0.562. The number of fused-ring (bicyclic) bond motifs is 1. The Kier molecular flexibility index (Phi) is 2.64. The van der Waals surface area contributed by atoms with Crippen molar-refractivity contribution < 1.29 is 0 Å². The number of anilines is 1. The van der Waals surface area contributed by atoms with E-state index in [2.05, 4.69) is 15.2 Å². The highest BCUT2D eigenvalue weighted by Gasteiger charge is 2.14. The molecule has 6 heteroatoms. The molecule has 0 aliphatic heterocycles. The van der Waals surface area contributed by atoms with Gasteiger partial charge in [0.2, 0.25) is 0 Å². The van der Waals surface area contributed by atoms with Gasteiger partial charge < -0.3 is 5.73 Å². The van der Waals surface area contributed by atoms with Crippen LogP contribution in [0.15, 0.2) is 24.3 Å². The summed E-state index contributed by atoms with van der Waals surface area (Å²) in [6, 6.07) is 7.27. The lowest BCUT2D eigenvalue weighted by molar-refractivity contribution is 1.02. The summed E-state index contributed by atoms with van der Waals surface area (Å²) < 4.78 is 1.87. The number of hydrogen-bond acceptors (Lipinski definition) is 4. The third kappa shape index (κ3) is 1.92. The van der Waals surface area contributed by atoms with Crippen LogP contribution in [0.4, 0.5) is 5.69 Å². The van der Waals surface area contributed by atoms with Gasteiger partial charge in [-0.05, 0) is 38.1 Å². The van der Waals surface area contributed by atoms with Crippen LogP contribution in [0.25, 0.3) is 17.2 Å². The monoisotopic (exact) mass is 273 g/mol. The fraction of sp³-hybridized carbons (Fsp3) is 0.154. The Balaban J connectivity index is 2.34. The molecular formula is C13H12ClN5. The van der Waals surface area contributed by atoms with E-state index in [4.69, 9.17) is 17.3 Å². The van der Waals surface area contributed by atoms with Crippen LogP contribution in [-0.2, 0) is 0 Å². The Bertz CT molecular complexity index is 778. The molecular weight excluding hydrogens is 262 g/mol. The van der Waals surface area contributed by atoms with Gasteiger partial charge in [0.1, 0.15) is 0 Å². The first-order valence-electron chi connectivity index (χ1n) is 5.81. The summed E-state index contributed by atoms with van der Waals surface area (Å²) in [5.74, 6) is 1.21. The van der Waals surface area contributed by atoms with E-state index >= 15 is 0 Å². The number of hydrogen-bond donors (Lipinski definition) is 1. The van der Waals surface area contributed by atoms with Gasteiger partial charge in [-0.15, -0.1) is 10.2 Å². The van der Waals surface area contributed by atoms with E-state index in [0.717, 1.165) is 17.0 Å². The smallest absolute Gasteiger partial charge is 0.255 e. The summed E-state index contributed by atoms with van der Waals surface area (Å²) in [4.78, 5) is 4.35. The highest BCUT2D eigenvalue weighted by Crippen LogP contribution is 2.28. The first kappa shape index (κ1) is 11.9. The van der Waals surface area contributed by atoms with E-state index in [1.165, 1.54) is 0 Å². The highest BCUT2D eigenvalue weighted by molar-refractivity contribution is 6.31. The Morgan fingerprint density at radius 3 is 2.74 bits per heavy atom. The van der Waals surface area contributed by atoms with Crippen LogP contribution in [0.2, 0.25) is 5.02 Å². The minimum Gasteiger partial charge on any atom is -0.398 e. The van der Waals surface area contributed by atoms with Crippen LogP contribution in [0.1, 0.15) is 11.4 Å². The van der Waals surface area contributed by atoms with E-state index in [1.54, 1.807) is 18.2 Å². The molecule has 0 bridgehead atoms. The highest BCUT2D eigenvalue weighted by atomic mass is 35.5. The van der Waals surface area contributed by atoms with Crippen molar-refractivity contribution in [2.24, 2.45) is 0 Å². The van der Waals surface area contributed by atoms with E-state index in [9.17, 15) is 0 Å². The normalized spacial score (nSPS) is 11.1. The van der Waals surface area contributed by atoms with Gasteiger partial charge in [-0.25, -0.2) is 4.98 Å². The molecule has 2 aromatic heterocycles. The summed E-state index contributed by atoms with van der Waals surface area (Å²) in [5, 5.41) is 8.88. The van der Waals surface area contributed by atoms with Crippen molar-refractivity contribution in [1.82, 2.24) is 19.6 Å². The number of halogens is 1. The lowest BCUT2D eigenvalue weighted by atomic mass is 10.1. The average Bonchev–Trinajstić information content (AvgIpc) is 2.76. The van der Waals surface area contributed by atoms with E-state index in [1.807, 2.05) is 24.3 Å². The Morgan fingerprint density at radius 2 is 1.95 bits per heavy atom. The SMILES string of the molecule is Cc1cc(C)n2c(-c3cc(Cl)ccc3N)nnc2n1. The number of rotatable bonds is 1. The summed E-state index contributed by atoms with van der Waals surface area (Å²) in [6.07, 6.45) is 0. The maximum absolute atomic E-state index is 6.02. The Labute approximate surface area is 115 Å². The van der Waals surface area contributed by atoms with Gasteiger partial charge in [0.25, 0.3) is 5.78 Å². The lowest BCUT2D eigenvalue weighted by Gasteiger charge is -2.07. The quantitative estimate of drug-likeness (QED) is 0.692. The predicted molar refractivity (Wildman–Crippen MR) is 75.1 cm³/mol. The van der Waals surface area contributed by atoms with E-state index < -0.39 is 0 Å². The molecule has 3 rings (SSSR count). The second kappa shape index (κ2) is 4.20. The predicted octanol–water partition coefficient (Wildman–Crippen LogP) is 2.64. The van der Waals surface area contributed by atoms with Crippen LogP contribution in [0.5, 0.6) is 0 Å². The number of aromatic nitrogens is 4. The number of benzene rings is 1. The van der Waals surface area contributed by atoms with Gasteiger partial charge in [0, 0.05) is 27.7 Å². The number of nitrogen functional groups attached to an aromatic ring is 1. The molecule has 19 heavy (non-hydrogen) atoms. The summed E-state index contributed by atoms with van der Waals surface area (Å²) in [6.45, 7) is 3.91. The van der Waals surface area contributed by atoms with Crippen molar-refractivity contribution in [1.29, 1.82) is 0 Å². The fourth-order valence-electron chi connectivity index (χ4n) is 2.13. The third-order valence-electron chi connectivity index (χ3n) is 2.95. The van der Waals surface area contributed by atoms with E-state index in [-0.39, 0.29) is 0 Å². The third-order valence-corrected chi connectivity index (χ3v) is 3.18. The number of nitrogens with two attached hydrogens (primary N) is 1. The maximum Gasteiger partial charge on any atom is 0.255 e. The van der Waals surface area contributed by atoms with Gasteiger partial charge in [-0.1, -0.05) is 11.6 Å². The Hall–Kier alpha value is -2.14. The van der Waals surface area contributed by atoms with Crippen molar-refractivity contribution in [3.05, 3.63) is 40.7 Å². The minimum absolute atomic E-state index is 0.562. The van der Waals surface area contributed by atoms with Crippen molar-refractivity contribution in [2.45, 2.75) is 13.8 Å². The maximum atomic E-state index is 6.02. The van der Waals surface area contributed by atoms with Gasteiger partial charge >= 0.3 is 0 Å². The van der Waals surface area contributed by atoms with Crippen LogP contribution in [0.3, 0.4) is 0 Å². The zero-order valence-electron chi connectivity index (χ0n) is 10.6. The molecule has 0 unspecified atom stereocenters. The largest absolute Gasteiger partial charge is 0.398 e. The van der Waals surface area contributed by atoms with Crippen molar-refractivity contribution in [2.75, 3.05) is 5.73 Å². The van der Waals surface area contributed by atoms with Gasteiger partial charge in [-0.2, -0.15) is 0 Å². The number of aryl methyl sites for hydroxylation is 2. The topological polar surface area (TPSA) is 69.1 Å². The molecule has 2 N–H and O–H groups in total. The van der Waals surface area contributed by atoms with Gasteiger partial charge in [-0.3, -0.25) is 4.40 Å². The molecule has 1 aromatic carbocycles. The van der Waals surface area contributed by atoms with E-state index in [0.29, 0.717) is 22.3 Å². The second-order valence-corrected chi connectivity index (χ2v) is 4.87. The molecule has 0 atom stereocenters. The molecule has 0 radical (unpaired) electrons. The van der Waals surface area contributed by atoms with Crippen LogP contribution >= 0.6 is 11.6 Å². The van der Waals surface area contributed by atoms with Gasteiger partial charge in [0.05, 0.1) is 0 Å². The molecule has 0 amide bonds. The molecule has 0 spiro atoms. The molecule has 0 fully saturated rings. The molecule has 0 aliphatic carbocycles. The summed E-state index contributed by atoms with van der Waals surface area (Å²) in [7, 11) is 0. The molecule has 0 saturated carbocycles. The van der Waals surface area contributed by atoms with Crippen molar-refractivity contribution in [3.8, 4) is 11.4 Å². The van der Waals surface area contributed by atoms with Gasteiger partial charge in [0.15, 0.2) is 5.82 Å². The van der Waals surface area contributed by atoms with Crippen molar-refractivity contribution in [3.63, 3.8) is 0 Å². The standard InChI is InChI=1S/C13H12ClN5/c1-7-5-8(2)19-12(17-18-13(19)16-7)10-6-9(14)3-4-11(10)15/h3-6H,15H2,1-2H3. The summed E-state index contributed by atoms with van der Waals surface area (Å²) in [5.41, 5.74) is 9.27. The molecule has 0 saturated heterocycles. The zero-order chi connectivity index (χ0) is 13.6. The molecule has 5 nitrogen and oxygen atoms in total. The fourth-order valence-corrected chi connectivity index (χ4v) is 2.30. The molecule has 3 aromatic rings. The molecule has 2 heterocycles. The lowest BCUT2D eigenvalue weighted by Crippen LogP contribution is -2.00. The Morgan fingerprint density at radius 1 is 1.16 bits per heavy atom.